The second-order valence-corrected chi connectivity index (χ2v) is 5.82. The van der Waals surface area contributed by atoms with Crippen molar-refractivity contribution in [1.29, 1.82) is 0 Å². The average Bonchev–Trinajstić information content (AvgIpc) is 2.48. The highest BCUT2D eigenvalue weighted by Crippen LogP contribution is 2.34. The van der Waals surface area contributed by atoms with Gasteiger partial charge in [-0.15, -0.1) is 0 Å². The lowest BCUT2D eigenvalue weighted by atomic mass is 9.79. The van der Waals surface area contributed by atoms with Crippen LogP contribution in [0.25, 0.3) is 0 Å². The van der Waals surface area contributed by atoms with E-state index in [9.17, 15) is 10.2 Å². The van der Waals surface area contributed by atoms with Crippen LogP contribution in [0.5, 0.6) is 5.75 Å². The first kappa shape index (κ1) is 14.1. The van der Waals surface area contributed by atoms with Crippen molar-refractivity contribution in [2.75, 3.05) is 6.54 Å². The fourth-order valence-electron chi connectivity index (χ4n) is 3.16. The molecule has 0 aliphatic heterocycles. The molecule has 0 saturated heterocycles. The van der Waals surface area contributed by atoms with Gasteiger partial charge in [0, 0.05) is 13.1 Å². The number of aromatic hydroxyl groups is 1. The Labute approximate surface area is 125 Å². The van der Waals surface area contributed by atoms with Gasteiger partial charge in [0.1, 0.15) is 11.4 Å². The Bertz CT molecular complexity index is 626. The molecule has 0 heterocycles. The minimum absolute atomic E-state index is 0.274. The van der Waals surface area contributed by atoms with Crippen LogP contribution < -0.4 is 5.32 Å². The molecule has 3 rings (SSSR count). The molecule has 0 radical (unpaired) electrons. The average molecular weight is 283 g/mol. The fourth-order valence-corrected chi connectivity index (χ4v) is 3.16. The molecule has 0 spiro atoms. The zero-order valence-corrected chi connectivity index (χ0v) is 12.0. The van der Waals surface area contributed by atoms with E-state index in [0.717, 1.165) is 30.4 Å². The molecule has 0 aromatic heterocycles. The molecule has 0 amide bonds. The number of benzene rings is 2. The van der Waals surface area contributed by atoms with E-state index in [2.05, 4.69) is 11.4 Å². The molecular formula is C18H21NO2. The number of aliphatic hydroxyl groups is 1. The molecular weight excluding hydrogens is 262 g/mol. The van der Waals surface area contributed by atoms with Crippen molar-refractivity contribution in [2.24, 2.45) is 0 Å². The van der Waals surface area contributed by atoms with Crippen molar-refractivity contribution in [3.05, 3.63) is 65.2 Å². The zero-order chi connectivity index (χ0) is 14.7. The van der Waals surface area contributed by atoms with Gasteiger partial charge >= 0.3 is 0 Å². The van der Waals surface area contributed by atoms with Crippen LogP contribution in [0.4, 0.5) is 0 Å². The maximum atomic E-state index is 10.9. The first-order chi connectivity index (χ1) is 10.2. The molecule has 3 N–H and O–H groups in total. The summed E-state index contributed by atoms with van der Waals surface area (Å²) in [7, 11) is 0. The van der Waals surface area contributed by atoms with Crippen LogP contribution >= 0.6 is 0 Å². The molecule has 21 heavy (non-hydrogen) atoms. The van der Waals surface area contributed by atoms with Gasteiger partial charge in [0.05, 0.1) is 0 Å². The van der Waals surface area contributed by atoms with Crippen molar-refractivity contribution >= 4 is 0 Å². The van der Waals surface area contributed by atoms with Gasteiger partial charge in [-0.05, 0) is 48.1 Å². The minimum Gasteiger partial charge on any atom is -0.508 e. The minimum atomic E-state index is -0.786. The third-order valence-corrected chi connectivity index (χ3v) is 4.21. The summed E-state index contributed by atoms with van der Waals surface area (Å²) in [5.74, 6) is 0.274. The van der Waals surface area contributed by atoms with Gasteiger partial charge in [0.25, 0.3) is 0 Å². The molecule has 3 heteroatoms. The second kappa shape index (κ2) is 5.88. The van der Waals surface area contributed by atoms with E-state index < -0.39 is 5.60 Å². The number of phenols is 1. The second-order valence-electron chi connectivity index (χ2n) is 5.82. The highest BCUT2D eigenvalue weighted by atomic mass is 16.3. The van der Waals surface area contributed by atoms with Crippen LogP contribution in [0.3, 0.4) is 0 Å². The van der Waals surface area contributed by atoms with Gasteiger partial charge in [-0.1, -0.05) is 36.4 Å². The van der Waals surface area contributed by atoms with Gasteiger partial charge < -0.3 is 15.5 Å². The number of hydrogen-bond donors (Lipinski definition) is 3. The molecule has 2 aromatic rings. The Morgan fingerprint density at radius 3 is 2.81 bits per heavy atom. The number of aryl methyl sites for hydroxylation is 1. The summed E-state index contributed by atoms with van der Waals surface area (Å²) in [4.78, 5) is 0. The van der Waals surface area contributed by atoms with Crippen LogP contribution in [-0.2, 0) is 18.6 Å². The molecule has 1 aliphatic carbocycles. The SMILES string of the molecule is Oc1cccc(CNCC2(O)CCCc3ccccc32)c1. The van der Waals surface area contributed by atoms with Gasteiger partial charge in [0.15, 0.2) is 0 Å². The number of phenolic OH excluding ortho intramolecular Hbond substituents is 1. The quantitative estimate of drug-likeness (QED) is 0.808. The van der Waals surface area contributed by atoms with E-state index in [0.29, 0.717) is 13.1 Å². The highest BCUT2D eigenvalue weighted by molar-refractivity contribution is 5.35. The molecule has 0 saturated carbocycles. The molecule has 1 atom stereocenters. The van der Waals surface area contributed by atoms with Crippen molar-refractivity contribution in [3.8, 4) is 5.75 Å². The van der Waals surface area contributed by atoms with E-state index >= 15 is 0 Å². The van der Waals surface area contributed by atoms with Crippen LogP contribution in [0.2, 0.25) is 0 Å². The Hall–Kier alpha value is -1.84. The van der Waals surface area contributed by atoms with Crippen molar-refractivity contribution in [3.63, 3.8) is 0 Å². The van der Waals surface area contributed by atoms with E-state index in [-0.39, 0.29) is 5.75 Å². The molecule has 3 nitrogen and oxygen atoms in total. The predicted octanol–water partition coefficient (Wildman–Crippen LogP) is 2.71. The zero-order valence-electron chi connectivity index (χ0n) is 12.0. The largest absolute Gasteiger partial charge is 0.508 e. The summed E-state index contributed by atoms with van der Waals surface area (Å²) >= 11 is 0. The molecule has 0 bridgehead atoms. The third kappa shape index (κ3) is 3.09. The Balaban J connectivity index is 1.68. The summed E-state index contributed by atoms with van der Waals surface area (Å²) in [6.07, 6.45) is 2.85. The third-order valence-electron chi connectivity index (χ3n) is 4.21. The Morgan fingerprint density at radius 2 is 1.95 bits per heavy atom. The molecule has 0 fully saturated rings. The lowest BCUT2D eigenvalue weighted by molar-refractivity contribution is 0.0189. The van der Waals surface area contributed by atoms with Crippen LogP contribution in [0.15, 0.2) is 48.5 Å². The van der Waals surface area contributed by atoms with Crippen LogP contribution in [0, 0.1) is 0 Å². The number of fused-ring (bicyclic) bond motifs is 1. The summed E-state index contributed by atoms with van der Waals surface area (Å²) in [5.41, 5.74) is 2.54. The summed E-state index contributed by atoms with van der Waals surface area (Å²) in [5, 5.41) is 23.7. The van der Waals surface area contributed by atoms with Crippen molar-refractivity contribution in [2.45, 2.75) is 31.4 Å². The fraction of sp³-hybridized carbons (Fsp3) is 0.333. The lowest BCUT2D eigenvalue weighted by Crippen LogP contribution is -2.40. The van der Waals surface area contributed by atoms with Gasteiger partial charge in [-0.25, -0.2) is 0 Å². The first-order valence-corrected chi connectivity index (χ1v) is 7.47. The van der Waals surface area contributed by atoms with E-state index in [1.165, 1.54) is 5.56 Å². The molecule has 1 aliphatic rings. The van der Waals surface area contributed by atoms with E-state index in [4.69, 9.17) is 0 Å². The summed E-state index contributed by atoms with van der Waals surface area (Å²) in [6.45, 7) is 1.17. The monoisotopic (exact) mass is 283 g/mol. The maximum Gasteiger partial charge on any atom is 0.115 e. The lowest BCUT2D eigenvalue weighted by Gasteiger charge is -2.34. The van der Waals surface area contributed by atoms with Crippen LogP contribution in [-0.4, -0.2) is 16.8 Å². The number of hydrogen-bond acceptors (Lipinski definition) is 3. The van der Waals surface area contributed by atoms with Crippen molar-refractivity contribution in [1.82, 2.24) is 5.32 Å². The topological polar surface area (TPSA) is 52.5 Å². The Morgan fingerprint density at radius 1 is 1.10 bits per heavy atom. The Kier molecular flexibility index (Phi) is 3.95. The van der Waals surface area contributed by atoms with Crippen molar-refractivity contribution < 1.29 is 10.2 Å². The standard InChI is InChI=1S/C18H21NO2/c20-16-8-3-5-14(11-16)12-19-13-18(21)10-4-7-15-6-1-2-9-17(15)18/h1-3,5-6,8-9,11,19-21H,4,7,10,12-13H2. The normalized spacial score (nSPS) is 21.0. The summed E-state index contributed by atoms with van der Waals surface area (Å²) < 4.78 is 0. The smallest absolute Gasteiger partial charge is 0.115 e. The van der Waals surface area contributed by atoms with Gasteiger partial charge in [-0.2, -0.15) is 0 Å². The maximum absolute atomic E-state index is 10.9. The summed E-state index contributed by atoms with van der Waals surface area (Å²) in [6, 6.07) is 15.4. The van der Waals surface area contributed by atoms with E-state index in [1.54, 1.807) is 12.1 Å². The number of nitrogens with one attached hydrogen (secondary N) is 1. The van der Waals surface area contributed by atoms with Crippen LogP contribution in [0.1, 0.15) is 29.5 Å². The molecule has 2 aromatic carbocycles. The molecule has 110 valence electrons. The van der Waals surface area contributed by atoms with Gasteiger partial charge in [0.2, 0.25) is 0 Å². The highest BCUT2D eigenvalue weighted by Gasteiger charge is 2.33. The van der Waals surface area contributed by atoms with E-state index in [1.807, 2.05) is 30.3 Å². The predicted molar refractivity (Wildman–Crippen MR) is 83.1 cm³/mol. The number of rotatable bonds is 4. The van der Waals surface area contributed by atoms with Gasteiger partial charge in [-0.3, -0.25) is 0 Å². The molecule has 1 unspecified atom stereocenters. The first-order valence-electron chi connectivity index (χ1n) is 7.47.